The van der Waals surface area contributed by atoms with Gasteiger partial charge >= 0.3 is 5.97 Å². The van der Waals surface area contributed by atoms with Crippen LogP contribution in [0.3, 0.4) is 0 Å². The quantitative estimate of drug-likeness (QED) is 0.0269. The molecular weight excluding hydrogens is 733 g/mol. The lowest BCUT2D eigenvalue weighted by Crippen LogP contribution is -2.59. The number of esters is 1. The SMILES string of the molecule is CCCCCC/C=C\C/C=C\CCCCCCCCOCC(COC1OC(CO)C(O)C(O)C1O)OC(=O)CCCCCCCCCCCCCCCCCCCC. The second-order valence-electron chi connectivity index (χ2n) is 16.9. The molecule has 342 valence electrons. The van der Waals surface area contributed by atoms with Crippen molar-refractivity contribution in [1.29, 1.82) is 0 Å². The van der Waals surface area contributed by atoms with Crippen LogP contribution in [0.5, 0.6) is 0 Å². The maximum atomic E-state index is 12.8. The van der Waals surface area contributed by atoms with Crippen molar-refractivity contribution >= 4 is 5.97 Å². The summed E-state index contributed by atoms with van der Waals surface area (Å²) in [5.74, 6) is -0.313. The molecule has 0 bridgehead atoms. The van der Waals surface area contributed by atoms with Crippen molar-refractivity contribution in [2.24, 2.45) is 0 Å². The molecule has 0 aromatic rings. The molecule has 1 fully saturated rings. The van der Waals surface area contributed by atoms with E-state index >= 15 is 0 Å². The number of unbranched alkanes of at least 4 members (excludes halogenated alkanes) is 27. The summed E-state index contributed by atoms with van der Waals surface area (Å²) >= 11 is 0. The van der Waals surface area contributed by atoms with Crippen molar-refractivity contribution < 1.29 is 44.2 Å². The summed E-state index contributed by atoms with van der Waals surface area (Å²) in [5.41, 5.74) is 0. The molecule has 0 aromatic heterocycles. The minimum absolute atomic E-state index is 0.114. The van der Waals surface area contributed by atoms with Gasteiger partial charge in [0.25, 0.3) is 0 Å². The minimum Gasteiger partial charge on any atom is -0.457 e. The first kappa shape index (κ1) is 54.7. The Morgan fingerprint density at radius 3 is 1.50 bits per heavy atom. The van der Waals surface area contributed by atoms with E-state index < -0.39 is 43.4 Å². The number of hydrogen-bond donors (Lipinski definition) is 4. The molecule has 1 aliphatic heterocycles. The smallest absolute Gasteiger partial charge is 0.306 e. The van der Waals surface area contributed by atoms with E-state index in [0.29, 0.717) is 13.0 Å². The molecule has 0 aliphatic carbocycles. The van der Waals surface area contributed by atoms with Gasteiger partial charge in [0.15, 0.2) is 6.29 Å². The highest BCUT2D eigenvalue weighted by Crippen LogP contribution is 2.23. The lowest BCUT2D eigenvalue weighted by Gasteiger charge is -2.39. The lowest BCUT2D eigenvalue weighted by atomic mass is 9.99. The van der Waals surface area contributed by atoms with Crippen LogP contribution in [0, 0.1) is 0 Å². The second kappa shape index (κ2) is 41.0. The van der Waals surface area contributed by atoms with E-state index in [1.165, 1.54) is 148 Å². The average Bonchev–Trinajstić information content (AvgIpc) is 3.22. The van der Waals surface area contributed by atoms with Gasteiger partial charge in [-0.05, 0) is 44.9 Å². The van der Waals surface area contributed by atoms with Crippen LogP contribution in [0.25, 0.3) is 0 Å². The Hall–Kier alpha value is -1.33. The third-order valence-electron chi connectivity index (χ3n) is 11.4. The summed E-state index contributed by atoms with van der Waals surface area (Å²) in [7, 11) is 0. The fourth-order valence-electron chi connectivity index (χ4n) is 7.52. The molecule has 0 saturated carbocycles. The highest BCUT2D eigenvalue weighted by atomic mass is 16.7. The van der Waals surface area contributed by atoms with Crippen LogP contribution in [0.4, 0.5) is 0 Å². The van der Waals surface area contributed by atoms with Crippen LogP contribution in [0.2, 0.25) is 0 Å². The first-order valence-corrected chi connectivity index (χ1v) is 24.4. The van der Waals surface area contributed by atoms with Crippen molar-refractivity contribution in [3.63, 3.8) is 0 Å². The van der Waals surface area contributed by atoms with Gasteiger partial charge in [-0.15, -0.1) is 0 Å². The molecule has 9 heteroatoms. The molecule has 0 spiro atoms. The Morgan fingerprint density at radius 1 is 0.552 bits per heavy atom. The Morgan fingerprint density at radius 2 is 1.00 bits per heavy atom. The fraction of sp³-hybridized carbons (Fsp3) is 0.898. The molecule has 1 rings (SSSR count). The molecule has 4 N–H and O–H groups in total. The Bertz CT molecular complexity index is 941. The van der Waals surface area contributed by atoms with Crippen LogP contribution >= 0.6 is 0 Å². The molecule has 1 saturated heterocycles. The van der Waals surface area contributed by atoms with Crippen molar-refractivity contribution in [2.45, 2.75) is 256 Å². The topological polar surface area (TPSA) is 135 Å². The number of hydrogen-bond acceptors (Lipinski definition) is 9. The molecule has 9 nitrogen and oxygen atoms in total. The molecule has 6 unspecified atom stereocenters. The van der Waals surface area contributed by atoms with Gasteiger partial charge in [-0.1, -0.05) is 192 Å². The van der Waals surface area contributed by atoms with Crippen molar-refractivity contribution in [3.05, 3.63) is 24.3 Å². The van der Waals surface area contributed by atoms with Gasteiger partial charge in [0.1, 0.15) is 30.5 Å². The van der Waals surface area contributed by atoms with Gasteiger partial charge in [0.05, 0.1) is 19.8 Å². The summed E-state index contributed by atoms with van der Waals surface area (Å²) in [4.78, 5) is 12.8. The molecule has 0 aromatic carbocycles. The van der Waals surface area contributed by atoms with E-state index in [0.717, 1.165) is 51.4 Å². The lowest BCUT2D eigenvalue weighted by molar-refractivity contribution is -0.305. The molecule has 0 radical (unpaired) electrons. The first-order valence-electron chi connectivity index (χ1n) is 24.4. The van der Waals surface area contributed by atoms with Crippen LogP contribution < -0.4 is 0 Å². The van der Waals surface area contributed by atoms with Gasteiger partial charge in [-0.3, -0.25) is 4.79 Å². The zero-order valence-corrected chi connectivity index (χ0v) is 37.6. The zero-order chi connectivity index (χ0) is 42.2. The average molecular weight is 825 g/mol. The highest BCUT2D eigenvalue weighted by Gasteiger charge is 2.44. The molecule has 1 aliphatic rings. The third-order valence-corrected chi connectivity index (χ3v) is 11.4. The Kier molecular flexibility index (Phi) is 38.7. The van der Waals surface area contributed by atoms with Crippen LogP contribution in [-0.4, -0.2) is 89.6 Å². The predicted octanol–water partition coefficient (Wildman–Crippen LogP) is 11.4. The van der Waals surface area contributed by atoms with E-state index in [-0.39, 0.29) is 19.2 Å². The largest absolute Gasteiger partial charge is 0.457 e. The number of aliphatic hydroxyl groups is 4. The molecular formula is C49H92O9. The third kappa shape index (κ3) is 31.5. The second-order valence-corrected chi connectivity index (χ2v) is 16.9. The minimum atomic E-state index is -1.54. The Balaban J connectivity index is 2.23. The monoisotopic (exact) mass is 825 g/mol. The van der Waals surface area contributed by atoms with Crippen molar-refractivity contribution in [1.82, 2.24) is 0 Å². The zero-order valence-electron chi connectivity index (χ0n) is 37.6. The summed E-state index contributed by atoms with van der Waals surface area (Å²) in [6, 6.07) is 0. The number of aliphatic hydroxyl groups excluding tert-OH is 4. The molecule has 1 heterocycles. The van der Waals surface area contributed by atoms with Gasteiger partial charge < -0.3 is 39.4 Å². The number of carbonyl (C=O) groups is 1. The van der Waals surface area contributed by atoms with Gasteiger partial charge in [0.2, 0.25) is 0 Å². The van der Waals surface area contributed by atoms with E-state index in [9.17, 15) is 25.2 Å². The number of ether oxygens (including phenoxy) is 4. The van der Waals surface area contributed by atoms with Crippen LogP contribution in [-0.2, 0) is 23.7 Å². The van der Waals surface area contributed by atoms with Crippen molar-refractivity contribution in [3.8, 4) is 0 Å². The predicted molar refractivity (Wildman–Crippen MR) is 238 cm³/mol. The molecule has 58 heavy (non-hydrogen) atoms. The summed E-state index contributed by atoms with van der Waals surface area (Å²) in [5, 5.41) is 40.2. The van der Waals surface area contributed by atoms with Gasteiger partial charge in [-0.25, -0.2) is 0 Å². The summed E-state index contributed by atoms with van der Waals surface area (Å²) in [6.07, 6.45) is 40.6. The maximum Gasteiger partial charge on any atom is 0.306 e. The summed E-state index contributed by atoms with van der Waals surface area (Å²) < 4.78 is 22.9. The Labute approximate surface area is 356 Å². The van der Waals surface area contributed by atoms with Crippen LogP contribution in [0.15, 0.2) is 24.3 Å². The number of carbonyl (C=O) groups excluding carboxylic acids is 1. The maximum absolute atomic E-state index is 12.8. The normalized spacial score (nSPS) is 20.4. The molecule has 6 atom stereocenters. The van der Waals surface area contributed by atoms with E-state index in [1.807, 2.05) is 0 Å². The van der Waals surface area contributed by atoms with Crippen LogP contribution in [0.1, 0.15) is 219 Å². The van der Waals surface area contributed by atoms with Crippen molar-refractivity contribution in [2.75, 3.05) is 26.4 Å². The van der Waals surface area contributed by atoms with Gasteiger partial charge in [-0.2, -0.15) is 0 Å². The highest BCUT2D eigenvalue weighted by molar-refractivity contribution is 5.69. The first-order chi connectivity index (χ1) is 28.4. The van der Waals surface area contributed by atoms with E-state index in [1.54, 1.807) is 0 Å². The number of allylic oxidation sites excluding steroid dienone is 4. The number of rotatable bonds is 42. The van der Waals surface area contributed by atoms with E-state index in [2.05, 4.69) is 38.2 Å². The van der Waals surface area contributed by atoms with Gasteiger partial charge in [0, 0.05) is 13.0 Å². The standard InChI is InChI=1S/C49H92O9/c1-3-5-7-9-11-13-15-17-19-21-22-24-26-28-30-32-34-36-38-45(51)57-43(42-56-49-48(54)47(53)46(52)44(40-50)58-49)41-55-39-37-35-33-31-29-27-25-23-20-18-16-14-12-10-8-6-4-2/h14,16,20,23,43-44,46-50,52-54H,3-13,15,17-19,21-22,24-42H2,1-2H3/b16-14-,23-20-. The molecule has 0 amide bonds. The van der Waals surface area contributed by atoms with E-state index in [4.69, 9.17) is 18.9 Å². The summed E-state index contributed by atoms with van der Waals surface area (Å²) in [6.45, 7) is 4.55. The fourth-order valence-corrected chi connectivity index (χ4v) is 7.52.